The average Bonchev–Trinajstić information content (AvgIpc) is 0.740. The molecule has 15 rings (SSSR count). The first-order valence-corrected chi connectivity index (χ1v) is 46.9. The van der Waals surface area contributed by atoms with E-state index in [1.165, 1.54) is 14.2 Å². The summed E-state index contributed by atoms with van der Waals surface area (Å²) in [5.41, 5.74) is 15.2. The van der Waals surface area contributed by atoms with Gasteiger partial charge in [-0.25, -0.2) is 9.59 Å². The number of carbonyl (C=O) groups excluding carboxylic acids is 2. The molecule has 0 spiro atoms. The molecule has 2 saturated heterocycles. The van der Waals surface area contributed by atoms with E-state index in [1.54, 1.807) is 0 Å². The van der Waals surface area contributed by atoms with Crippen molar-refractivity contribution in [1.29, 1.82) is 0 Å². The van der Waals surface area contributed by atoms with Crippen molar-refractivity contribution in [3.8, 4) is 23.0 Å². The third-order valence-electron chi connectivity index (χ3n) is 24.0. The van der Waals surface area contributed by atoms with Crippen molar-refractivity contribution in [1.82, 2.24) is 0 Å². The molecule has 20 heteroatoms. The highest BCUT2D eigenvalue weighted by Crippen LogP contribution is 2.46. The van der Waals surface area contributed by atoms with Gasteiger partial charge in [0.15, 0.2) is 12.2 Å². The molecule has 134 heavy (non-hydrogen) atoms. The average molecular weight is 1810 g/mol. The van der Waals surface area contributed by atoms with E-state index in [1.807, 2.05) is 243 Å². The molecule has 0 radical (unpaired) electrons. The lowest BCUT2D eigenvalue weighted by Crippen LogP contribution is -2.71. The van der Waals surface area contributed by atoms with Crippen LogP contribution in [-0.2, 0) is 168 Å². The van der Waals surface area contributed by atoms with Gasteiger partial charge in [0, 0.05) is 25.7 Å². The number of rotatable bonds is 46. The molecule has 0 aromatic heterocycles. The smallest absolute Gasteiger partial charge is 0.369 e. The Bertz CT molecular complexity index is 5150. The second kappa shape index (κ2) is 49.5. The molecule has 0 N–H and O–H groups in total. The van der Waals surface area contributed by atoms with E-state index >= 15 is 9.59 Å². The Morgan fingerprint density at radius 2 is 0.500 bits per heavy atom. The maximum Gasteiger partial charge on any atom is 0.369 e. The number of hydrogen-bond donors (Lipinski definition) is 0. The summed E-state index contributed by atoms with van der Waals surface area (Å²) >= 11 is 0. The molecule has 2 aliphatic heterocycles. The van der Waals surface area contributed by atoms with Gasteiger partial charge < -0.3 is 85.3 Å². The zero-order valence-corrected chi connectivity index (χ0v) is 77.6. The van der Waals surface area contributed by atoms with Crippen molar-refractivity contribution >= 4 is 11.9 Å². The largest absolute Gasteiger partial charge is 0.493 e. The van der Waals surface area contributed by atoms with Crippen LogP contribution in [0.2, 0.25) is 0 Å². The van der Waals surface area contributed by atoms with Gasteiger partial charge in [0.2, 0.25) is 0 Å². The van der Waals surface area contributed by atoms with E-state index in [2.05, 4.69) is 88.4 Å². The van der Waals surface area contributed by atoms with Gasteiger partial charge in [-0.05, 0) is 150 Å². The standard InChI is InChI=1S/C114H124O20/c1-7-57-121-101-91-53-35-54-92(101)66-96-62-90(78-132-114(112(116)118-6)110(130-76-88-51-33-18-34-52-88)108(128-74-86-47-29-16-30-48-86)106(126-72-84-43-25-14-26-44-84)100(134-114)80-120-70-82-39-21-12-22-40-82)64-98(104(96)124-60-10-4)68-94-56-36-55-93(102(94)122-58-8-2)67-97-63-89(61-95(65-91)103(97)123-59-9-3)77-131-113(111(115)117-5)109(129-75-87-49-31-17-32-50-87)107(127-73-85-45-27-15-28-46-85)105(125-71-83-41-23-13-24-42-83)99(133-113)79-119-69-81-37-19-11-20-38-81/h11-56,61-64,99-100,105-110H,7-10,57-60,65-80H2,1-6H3/t99-,100-,105+,106+,107+,108+,109-,110-,113-,114-/m1/s1. The Morgan fingerprint density at radius 3 is 0.746 bits per heavy atom. The van der Waals surface area contributed by atoms with E-state index in [4.69, 9.17) is 85.3 Å². The van der Waals surface area contributed by atoms with Gasteiger partial charge in [-0.2, -0.15) is 0 Å². The number of benzene rings is 12. The first-order chi connectivity index (χ1) is 65.9. The quantitative estimate of drug-likeness (QED) is 0.0326. The molecular formula is C114H124O20. The summed E-state index contributed by atoms with van der Waals surface area (Å²) in [5, 5.41) is 0. The van der Waals surface area contributed by atoms with Crippen LogP contribution >= 0.6 is 0 Å². The van der Waals surface area contributed by atoms with Gasteiger partial charge in [0.25, 0.3) is 11.6 Å². The summed E-state index contributed by atoms with van der Waals surface area (Å²) in [5.74, 6) is -3.68. The Kier molecular flexibility index (Phi) is 35.8. The highest BCUT2D eigenvalue weighted by molar-refractivity contribution is 5.80. The summed E-state index contributed by atoms with van der Waals surface area (Å²) in [6.45, 7) is 10.4. The lowest BCUT2D eigenvalue weighted by molar-refractivity contribution is -0.374. The molecule has 3 aliphatic rings. The monoisotopic (exact) mass is 1810 g/mol. The molecule has 0 saturated carbocycles. The number of hydrogen-bond acceptors (Lipinski definition) is 20. The molecule has 12 aromatic carbocycles. The van der Waals surface area contributed by atoms with Crippen LogP contribution in [0.15, 0.2) is 303 Å². The zero-order valence-electron chi connectivity index (χ0n) is 77.6. The second-order valence-corrected chi connectivity index (χ2v) is 34.1. The molecule has 1 aliphatic carbocycles. The van der Waals surface area contributed by atoms with E-state index in [0.717, 1.165) is 89.0 Å². The van der Waals surface area contributed by atoms with Crippen molar-refractivity contribution in [3.05, 3.63) is 403 Å². The molecule has 0 unspecified atom stereocenters. The summed E-state index contributed by atoms with van der Waals surface area (Å²) in [4.78, 5) is 31.7. The van der Waals surface area contributed by atoms with Gasteiger partial charge in [-0.3, -0.25) is 0 Å². The molecule has 20 nitrogen and oxygen atoms in total. The fourth-order valence-corrected chi connectivity index (χ4v) is 17.6. The molecule has 700 valence electrons. The number of para-hydroxylation sites is 2. The van der Waals surface area contributed by atoms with E-state index in [-0.39, 0.29) is 79.3 Å². The van der Waals surface area contributed by atoms with Crippen molar-refractivity contribution in [3.63, 3.8) is 0 Å². The number of fused-ring (bicyclic) bond motifs is 8. The summed E-state index contributed by atoms with van der Waals surface area (Å²) in [7, 11) is 2.65. The SMILES string of the molecule is CCCOc1c2cccc1Cc1cc(CO[C@@]3(C(=O)OC)O[C@H](COCc4ccccc4)[C@H](OCc4ccccc4)[C@H](OCc4ccccc4)[C@H]3OCc3ccccc3)cc(c1OCCC)Cc1cccc(c1OCCC)Cc1cc(CO[C@@]3(C(=O)OC)O[C@H](COCc4ccccc4)[C@H](OCc4ccccc4)[C@H](OCc4ccccc4)[C@H]3OCc3ccccc3)cc(c1OCCC)C2. The van der Waals surface area contributed by atoms with E-state index in [9.17, 15) is 0 Å². The van der Waals surface area contributed by atoms with Crippen LogP contribution in [0.5, 0.6) is 23.0 Å². The van der Waals surface area contributed by atoms with Crippen molar-refractivity contribution in [2.24, 2.45) is 0 Å². The third-order valence-corrected chi connectivity index (χ3v) is 24.0. The number of methoxy groups -OCH3 is 2. The summed E-state index contributed by atoms with van der Waals surface area (Å²) in [6.07, 6.45) is -4.72. The van der Waals surface area contributed by atoms with Crippen LogP contribution in [0, 0.1) is 0 Å². The summed E-state index contributed by atoms with van der Waals surface area (Å²) in [6, 6.07) is 99.8. The molecule has 2 fully saturated rings. The van der Waals surface area contributed by atoms with Gasteiger partial charge in [-0.1, -0.05) is 307 Å². The highest BCUT2D eigenvalue weighted by atomic mass is 16.8. The first kappa shape index (κ1) is 96.9. The van der Waals surface area contributed by atoms with Crippen molar-refractivity contribution in [2.45, 2.75) is 206 Å². The minimum absolute atomic E-state index is 0.0175. The third kappa shape index (κ3) is 25.3. The lowest BCUT2D eigenvalue weighted by Gasteiger charge is -2.50. The van der Waals surface area contributed by atoms with Crippen molar-refractivity contribution in [2.75, 3.05) is 53.9 Å². The predicted octanol–water partition coefficient (Wildman–Crippen LogP) is 21.0. The van der Waals surface area contributed by atoms with E-state index in [0.29, 0.717) is 112 Å². The Balaban J connectivity index is 0.854. The minimum Gasteiger partial charge on any atom is -0.493 e. The summed E-state index contributed by atoms with van der Waals surface area (Å²) < 4.78 is 127. The van der Waals surface area contributed by atoms with Gasteiger partial charge >= 0.3 is 11.9 Å². The Labute approximate surface area is 788 Å². The van der Waals surface area contributed by atoms with E-state index < -0.39 is 72.3 Å². The van der Waals surface area contributed by atoms with Crippen molar-refractivity contribution < 1.29 is 94.9 Å². The van der Waals surface area contributed by atoms with Crippen LogP contribution in [-0.4, -0.2) is 126 Å². The number of carbonyl (C=O) groups is 2. The maximum atomic E-state index is 15.9. The maximum absolute atomic E-state index is 15.9. The van der Waals surface area contributed by atoms with Gasteiger partial charge in [-0.15, -0.1) is 0 Å². The van der Waals surface area contributed by atoms with Crippen LogP contribution in [0.3, 0.4) is 0 Å². The lowest BCUT2D eigenvalue weighted by atomic mass is 9.89. The first-order valence-electron chi connectivity index (χ1n) is 46.9. The molecule has 12 aromatic rings. The van der Waals surface area contributed by atoms with Crippen LogP contribution in [0.1, 0.15) is 154 Å². The predicted molar refractivity (Wildman–Crippen MR) is 511 cm³/mol. The van der Waals surface area contributed by atoms with Gasteiger partial charge in [0.1, 0.15) is 59.6 Å². The fourth-order valence-electron chi connectivity index (χ4n) is 17.6. The molecule has 8 bridgehead atoms. The van der Waals surface area contributed by atoms with Gasteiger partial charge in [0.05, 0.1) is 120 Å². The van der Waals surface area contributed by atoms with Crippen LogP contribution < -0.4 is 18.9 Å². The fraction of sp³-hybridized carbons (Fsp3) is 0.351. The van der Waals surface area contributed by atoms with Crippen LogP contribution in [0.25, 0.3) is 0 Å². The molecule has 0 amide bonds. The zero-order chi connectivity index (χ0) is 92.5. The Hall–Kier alpha value is -11.7. The minimum atomic E-state index is -2.36. The Morgan fingerprint density at radius 1 is 0.269 bits per heavy atom. The molecule has 2 heterocycles. The number of esters is 2. The second-order valence-electron chi connectivity index (χ2n) is 34.1. The van der Waals surface area contributed by atoms with Crippen LogP contribution in [0.4, 0.5) is 0 Å². The molecule has 10 atom stereocenters. The molecular weight excluding hydrogens is 1690 g/mol. The number of ether oxygens (including phenoxy) is 18. The topological polar surface area (TPSA) is 200 Å². The normalized spacial score (nSPS) is 19.8. The highest BCUT2D eigenvalue weighted by Gasteiger charge is 2.65.